The Hall–Kier alpha value is -5.22. The van der Waals surface area contributed by atoms with Crippen molar-refractivity contribution in [3.63, 3.8) is 0 Å². The molecule has 4 heterocycles. The van der Waals surface area contributed by atoms with E-state index in [2.05, 4.69) is 138 Å². The molecule has 0 aliphatic carbocycles. The molecule has 3 nitrogen and oxygen atoms in total. The topological polar surface area (TPSA) is 21.3 Å². The monoisotopic (exact) mass is 536 g/mol. The second kappa shape index (κ2) is 7.74. The van der Waals surface area contributed by atoms with E-state index in [4.69, 9.17) is 4.42 Å². The van der Waals surface area contributed by atoms with E-state index in [-0.39, 0.29) is 6.85 Å². The zero-order chi connectivity index (χ0) is 27.7. The Morgan fingerprint density at radius 1 is 0.619 bits per heavy atom. The molecule has 0 fully saturated rings. The van der Waals surface area contributed by atoms with Gasteiger partial charge >= 0.3 is 6.85 Å². The van der Waals surface area contributed by atoms with Crippen molar-refractivity contribution in [2.24, 2.45) is 0 Å². The first-order chi connectivity index (χ1) is 20.7. The lowest BCUT2D eigenvalue weighted by atomic mass is 9.45. The third-order valence-electron chi connectivity index (χ3n) is 9.44. The summed E-state index contributed by atoms with van der Waals surface area (Å²) in [6.45, 7) is 4.39. The minimum absolute atomic E-state index is 0.0153. The van der Waals surface area contributed by atoms with Crippen LogP contribution in [0, 0.1) is 13.8 Å². The van der Waals surface area contributed by atoms with Crippen LogP contribution in [-0.2, 0) is 0 Å². The van der Waals surface area contributed by atoms with Gasteiger partial charge in [-0.05, 0) is 72.3 Å². The smallest absolute Gasteiger partial charge is 0.333 e. The van der Waals surface area contributed by atoms with E-state index in [0.717, 1.165) is 21.9 Å². The number of hydrogen-bond donors (Lipinski definition) is 0. The van der Waals surface area contributed by atoms with Crippen LogP contribution in [0.15, 0.2) is 120 Å². The van der Waals surface area contributed by atoms with Gasteiger partial charge in [0.05, 0.1) is 0 Å². The molecule has 8 aromatic rings. The van der Waals surface area contributed by atoms with Crippen LogP contribution in [0.4, 0.5) is 17.1 Å². The summed E-state index contributed by atoms with van der Waals surface area (Å²) in [4.78, 5) is 2.49. The largest absolute Gasteiger partial charge is 0.455 e. The van der Waals surface area contributed by atoms with Crippen molar-refractivity contribution in [1.82, 2.24) is 4.48 Å². The first kappa shape index (κ1) is 22.5. The van der Waals surface area contributed by atoms with Crippen LogP contribution in [0.3, 0.4) is 0 Å². The highest BCUT2D eigenvalue weighted by atomic mass is 16.3. The van der Waals surface area contributed by atoms with Crippen molar-refractivity contribution < 1.29 is 4.42 Å². The van der Waals surface area contributed by atoms with Gasteiger partial charge in [0.15, 0.2) is 0 Å². The van der Waals surface area contributed by atoms with E-state index in [1.165, 1.54) is 72.0 Å². The fourth-order valence-corrected chi connectivity index (χ4v) is 7.79. The number of hydrogen-bond acceptors (Lipinski definition) is 2. The maximum absolute atomic E-state index is 6.78. The summed E-state index contributed by atoms with van der Waals surface area (Å²) in [5.74, 6) is 0. The Kier molecular flexibility index (Phi) is 4.14. The Labute approximate surface area is 243 Å². The summed E-state index contributed by atoms with van der Waals surface area (Å²) in [7, 11) is 0. The summed E-state index contributed by atoms with van der Waals surface area (Å²) in [6, 6.07) is 42.4. The zero-order valence-electron chi connectivity index (χ0n) is 23.3. The SMILES string of the molecule is Cc1cccc(N2c3cc(C)ccc3B3c4c2cc2c(oc5ccccc52)c4-c2cccc4c5ccccc5n3c24)c1. The van der Waals surface area contributed by atoms with Crippen molar-refractivity contribution in [2.75, 3.05) is 4.90 Å². The summed E-state index contributed by atoms with van der Waals surface area (Å²) >= 11 is 0. The van der Waals surface area contributed by atoms with E-state index >= 15 is 0 Å². The molecule has 0 spiro atoms. The number of fused-ring (bicyclic) bond motifs is 11. The number of benzene rings is 6. The standard InChI is InChI=1S/C38H25BN2O/c1-22-9-7-10-24(19-22)40-32-20-23(2)17-18-30(32)39-36-33(40)21-29-26-12-4-6-16-34(26)42-38(29)35(36)28-14-8-13-27-25-11-3-5-15-31(25)41(39)37(27)28/h3-21H,1-2H3. The molecule has 0 saturated heterocycles. The summed E-state index contributed by atoms with van der Waals surface area (Å²) < 4.78 is 9.38. The van der Waals surface area contributed by atoms with Crippen molar-refractivity contribution in [3.05, 3.63) is 126 Å². The molecular weight excluding hydrogens is 511 g/mol. The van der Waals surface area contributed by atoms with Gasteiger partial charge in [0.2, 0.25) is 0 Å². The molecule has 0 saturated carbocycles. The first-order valence-corrected chi connectivity index (χ1v) is 14.6. The molecule has 42 heavy (non-hydrogen) atoms. The number of anilines is 3. The molecule has 0 atom stereocenters. The van der Waals surface area contributed by atoms with E-state index in [9.17, 15) is 0 Å². The van der Waals surface area contributed by atoms with Gasteiger partial charge in [-0.15, -0.1) is 0 Å². The number of furan rings is 1. The Morgan fingerprint density at radius 3 is 2.31 bits per heavy atom. The predicted octanol–water partition coefficient (Wildman–Crippen LogP) is 8.73. The van der Waals surface area contributed by atoms with Crippen LogP contribution in [0.25, 0.3) is 54.9 Å². The lowest BCUT2D eigenvalue weighted by Crippen LogP contribution is -2.56. The Bertz CT molecular complexity index is 2460. The van der Waals surface area contributed by atoms with Gasteiger partial charge in [0, 0.05) is 60.8 Å². The van der Waals surface area contributed by atoms with Gasteiger partial charge in [0.1, 0.15) is 11.2 Å². The maximum Gasteiger partial charge on any atom is 0.333 e. The van der Waals surface area contributed by atoms with Crippen molar-refractivity contribution in [2.45, 2.75) is 13.8 Å². The van der Waals surface area contributed by atoms with Crippen molar-refractivity contribution in [1.29, 1.82) is 0 Å². The molecule has 0 bridgehead atoms. The molecular formula is C38H25BN2O. The number of para-hydroxylation sites is 3. The summed E-state index contributed by atoms with van der Waals surface area (Å²) in [5, 5.41) is 4.89. The van der Waals surface area contributed by atoms with Crippen LogP contribution in [0.2, 0.25) is 0 Å². The van der Waals surface area contributed by atoms with Gasteiger partial charge in [-0.3, -0.25) is 0 Å². The van der Waals surface area contributed by atoms with Gasteiger partial charge < -0.3 is 13.8 Å². The molecule has 0 unspecified atom stereocenters. The van der Waals surface area contributed by atoms with E-state index < -0.39 is 0 Å². The van der Waals surface area contributed by atoms with Gasteiger partial charge in [-0.2, -0.15) is 0 Å². The van der Waals surface area contributed by atoms with Gasteiger partial charge in [-0.25, -0.2) is 0 Å². The van der Waals surface area contributed by atoms with Crippen LogP contribution >= 0.6 is 0 Å². The summed E-state index contributed by atoms with van der Waals surface area (Å²) in [5.41, 5.74) is 15.7. The lowest BCUT2D eigenvalue weighted by Gasteiger charge is -2.40. The maximum atomic E-state index is 6.78. The Balaban J connectivity index is 1.48. The highest BCUT2D eigenvalue weighted by Gasteiger charge is 2.44. The van der Waals surface area contributed by atoms with Crippen molar-refractivity contribution in [3.8, 4) is 11.1 Å². The summed E-state index contributed by atoms with van der Waals surface area (Å²) in [6.07, 6.45) is 0. The second-order valence-corrected chi connectivity index (χ2v) is 11.9. The normalized spacial score (nSPS) is 13.4. The van der Waals surface area contributed by atoms with E-state index in [1.807, 2.05) is 0 Å². The predicted molar refractivity (Wildman–Crippen MR) is 177 cm³/mol. The number of rotatable bonds is 1. The highest BCUT2D eigenvalue weighted by Crippen LogP contribution is 2.49. The van der Waals surface area contributed by atoms with Crippen LogP contribution in [-0.4, -0.2) is 11.3 Å². The number of aromatic nitrogens is 1. The molecule has 4 heteroatoms. The lowest BCUT2D eigenvalue weighted by molar-refractivity contribution is 0.670. The van der Waals surface area contributed by atoms with Gasteiger partial charge in [-0.1, -0.05) is 78.9 Å². The third kappa shape index (κ3) is 2.68. The molecule has 10 rings (SSSR count). The van der Waals surface area contributed by atoms with Crippen LogP contribution in [0.5, 0.6) is 0 Å². The van der Waals surface area contributed by atoms with Crippen LogP contribution in [0.1, 0.15) is 11.1 Å². The Morgan fingerprint density at radius 2 is 1.40 bits per heavy atom. The number of aryl methyl sites for hydroxylation is 2. The average molecular weight is 536 g/mol. The minimum Gasteiger partial charge on any atom is -0.455 e. The van der Waals surface area contributed by atoms with Crippen LogP contribution < -0.4 is 15.8 Å². The highest BCUT2D eigenvalue weighted by molar-refractivity contribution is 6.90. The zero-order valence-corrected chi connectivity index (χ0v) is 23.3. The third-order valence-corrected chi connectivity index (χ3v) is 9.44. The van der Waals surface area contributed by atoms with Gasteiger partial charge in [0.25, 0.3) is 0 Å². The average Bonchev–Trinajstić information content (AvgIpc) is 3.55. The molecule has 2 aliphatic rings. The molecule has 2 aromatic heterocycles. The number of nitrogens with zero attached hydrogens (tertiary/aromatic N) is 2. The second-order valence-electron chi connectivity index (χ2n) is 11.9. The quantitative estimate of drug-likeness (QED) is 0.196. The fourth-order valence-electron chi connectivity index (χ4n) is 7.79. The molecule has 0 radical (unpaired) electrons. The molecule has 6 aromatic carbocycles. The molecule has 0 N–H and O–H groups in total. The van der Waals surface area contributed by atoms with E-state index in [0.29, 0.717) is 0 Å². The minimum atomic E-state index is 0.0153. The van der Waals surface area contributed by atoms with E-state index in [1.54, 1.807) is 0 Å². The van der Waals surface area contributed by atoms with Crippen molar-refractivity contribution >= 4 is 78.6 Å². The molecule has 2 aliphatic heterocycles. The fraction of sp³-hybridized carbons (Fsp3) is 0.0526. The molecule has 0 amide bonds. The molecule has 196 valence electrons. The first-order valence-electron chi connectivity index (χ1n) is 14.6.